The number of rotatable bonds is 9. The van der Waals surface area contributed by atoms with Crippen molar-refractivity contribution in [3.05, 3.63) is 84.2 Å². The highest BCUT2D eigenvalue weighted by Crippen LogP contribution is 2.25. The van der Waals surface area contributed by atoms with Crippen molar-refractivity contribution in [3.8, 4) is 11.5 Å². The number of ether oxygens (including phenoxy) is 1. The van der Waals surface area contributed by atoms with E-state index in [4.69, 9.17) is 8.92 Å². The van der Waals surface area contributed by atoms with E-state index in [1.807, 2.05) is 0 Å². The molecule has 0 saturated heterocycles. The Bertz CT molecular complexity index is 1310. The molecule has 176 valence electrons. The highest BCUT2D eigenvalue weighted by Gasteiger charge is 2.27. The number of hydrogen-bond donors (Lipinski definition) is 0. The van der Waals surface area contributed by atoms with E-state index in [1.165, 1.54) is 35.7 Å². The maximum atomic E-state index is 13.2. The third-order valence-electron chi connectivity index (χ3n) is 4.79. The lowest BCUT2D eigenvalue weighted by atomic mass is 10.2. The molecule has 7 nitrogen and oxygen atoms in total. The Morgan fingerprint density at radius 3 is 2.03 bits per heavy atom. The van der Waals surface area contributed by atoms with E-state index < -0.39 is 26.0 Å². The minimum absolute atomic E-state index is 0.000174. The van der Waals surface area contributed by atoms with Crippen LogP contribution in [0.5, 0.6) is 11.5 Å². The van der Waals surface area contributed by atoms with Gasteiger partial charge in [-0.3, -0.25) is 0 Å². The molecule has 0 aliphatic rings. The SMILES string of the molecule is COc1ccc(S(=O)(=O)N(Cc2cccc(OS(=O)(=O)c3ccc(F)cc3)c2)C(C)C)cc1. The minimum atomic E-state index is -4.18. The first-order valence-corrected chi connectivity index (χ1v) is 12.8. The average molecular weight is 494 g/mol. The van der Waals surface area contributed by atoms with E-state index in [0.717, 1.165) is 24.3 Å². The first-order chi connectivity index (χ1) is 15.5. The Morgan fingerprint density at radius 2 is 1.45 bits per heavy atom. The van der Waals surface area contributed by atoms with Crippen molar-refractivity contribution >= 4 is 20.1 Å². The molecule has 3 rings (SSSR count). The molecule has 0 amide bonds. The van der Waals surface area contributed by atoms with Crippen molar-refractivity contribution in [1.82, 2.24) is 4.31 Å². The van der Waals surface area contributed by atoms with Gasteiger partial charge < -0.3 is 8.92 Å². The fourth-order valence-corrected chi connectivity index (χ4v) is 5.63. The maximum Gasteiger partial charge on any atom is 0.339 e. The molecule has 0 atom stereocenters. The van der Waals surface area contributed by atoms with Gasteiger partial charge in [0.2, 0.25) is 10.0 Å². The molecule has 3 aromatic carbocycles. The zero-order valence-electron chi connectivity index (χ0n) is 18.3. The molecule has 0 saturated carbocycles. The third kappa shape index (κ3) is 5.89. The maximum absolute atomic E-state index is 13.2. The van der Waals surface area contributed by atoms with Crippen LogP contribution in [0.15, 0.2) is 82.6 Å². The van der Waals surface area contributed by atoms with Crippen LogP contribution < -0.4 is 8.92 Å². The molecule has 0 aliphatic heterocycles. The van der Waals surface area contributed by atoms with Gasteiger partial charge in [-0.1, -0.05) is 12.1 Å². The highest BCUT2D eigenvalue weighted by atomic mass is 32.2. The first-order valence-electron chi connectivity index (χ1n) is 9.98. The van der Waals surface area contributed by atoms with Crippen LogP contribution in [0.1, 0.15) is 19.4 Å². The summed E-state index contributed by atoms with van der Waals surface area (Å²) in [7, 11) is -6.52. The zero-order chi connectivity index (χ0) is 24.2. The number of benzene rings is 3. The van der Waals surface area contributed by atoms with Crippen molar-refractivity contribution in [2.75, 3.05) is 7.11 Å². The van der Waals surface area contributed by atoms with Gasteiger partial charge in [-0.15, -0.1) is 0 Å². The van der Waals surface area contributed by atoms with Gasteiger partial charge >= 0.3 is 10.1 Å². The van der Waals surface area contributed by atoms with E-state index >= 15 is 0 Å². The number of nitrogens with zero attached hydrogens (tertiary/aromatic N) is 1. The average Bonchev–Trinajstić information content (AvgIpc) is 2.77. The van der Waals surface area contributed by atoms with Crippen LogP contribution in [0, 0.1) is 5.82 Å². The van der Waals surface area contributed by atoms with Gasteiger partial charge in [0.25, 0.3) is 0 Å². The topological polar surface area (TPSA) is 90.0 Å². The number of hydrogen-bond acceptors (Lipinski definition) is 6. The summed E-state index contributed by atoms with van der Waals surface area (Å²) in [4.78, 5) is -0.0801. The number of sulfonamides is 1. The predicted octanol–water partition coefficient (Wildman–Crippen LogP) is 4.20. The summed E-state index contributed by atoms with van der Waals surface area (Å²) in [6, 6.07) is 16.1. The Morgan fingerprint density at radius 1 is 0.848 bits per heavy atom. The van der Waals surface area contributed by atoms with Gasteiger partial charge in [0.05, 0.1) is 12.0 Å². The molecule has 0 unspecified atom stereocenters. The van der Waals surface area contributed by atoms with Gasteiger partial charge in [-0.25, -0.2) is 12.8 Å². The van der Waals surface area contributed by atoms with Crippen LogP contribution in [0.2, 0.25) is 0 Å². The van der Waals surface area contributed by atoms with Crippen LogP contribution in [0.3, 0.4) is 0 Å². The summed E-state index contributed by atoms with van der Waals surface area (Å²) in [6.07, 6.45) is 0. The van der Waals surface area contributed by atoms with Gasteiger partial charge in [0.15, 0.2) is 0 Å². The van der Waals surface area contributed by atoms with Crippen molar-refractivity contribution in [2.45, 2.75) is 36.2 Å². The minimum Gasteiger partial charge on any atom is -0.497 e. The van der Waals surface area contributed by atoms with Crippen molar-refractivity contribution < 1.29 is 30.1 Å². The van der Waals surface area contributed by atoms with Crippen molar-refractivity contribution in [1.29, 1.82) is 0 Å². The highest BCUT2D eigenvalue weighted by molar-refractivity contribution is 7.89. The molecule has 0 spiro atoms. The van der Waals surface area contributed by atoms with E-state index in [0.29, 0.717) is 11.3 Å². The van der Waals surface area contributed by atoms with Gasteiger partial charge in [0, 0.05) is 12.6 Å². The lowest BCUT2D eigenvalue weighted by Gasteiger charge is -2.26. The second-order valence-corrected chi connectivity index (χ2v) is 10.9. The number of methoxy groups -OCH3 is 1. The summed E-state index contributed by atoms with van der Waals surface area (Å²) >= 11 is 0. The molecular weight excluding hydrogens is 469 g/mol. The molecule has 0 N–H and O–H groups in total. The Kier molecular flexibility index (Phi) is 7.41. The molecular formula is C23H24FNO6S2. The lowest BCUT2D eigenvalue weighted by molar-refractivity contribution is 0.347. The summed E-state index contributed by atoms with van der Waals surface area (Å²) < 4.78 is 76.1. The van der Waals surface area contributed by atoms with Crippen LogP contribution in [0.4, 0.5) is 4.39 Å². The molecule has 0 fully saturated rings. The zero-order valence-corrected chi connectivity index (χ0v) is 19.9. The first kappa shape index (κ1) is 24.7. The van der Waals surface area contributed by atoms with Gasteiger partial charge in [-0.2, -0.15) is 12.7 Å². The van der Waals surface area contributed by atoms with Gasteiger partial charge in [0.1, 0.15) is 22.2 Å². The Labute approximate surface area is 193 Å². The van der Waals surface area contributed by atoms with Crippen LogP contribution in [-0.4, -0.2) is 34.3 Å². The second-order valence-electron chi connectivity index (χ2n) is 7.46. The fraction of sp³-hybridized carbons (Fsp3) is 0.217. The van der Waals surface area contributed by atoms with Crippen molar-refractivity contribution in [2.24, 2.45) is 0 Å². The summed E-state index contributed by atoms with van der Waals surface area (Å²) in [5.74, 6) is -0.0116. The largest absolute Gasteiger partial charge is 0.497 e. The van der Waals surface area contributed by atoms with Crippen LogP contribution >= 0.6 is 0 Å². The molecule has 33 heavy (non-hydrogen) atoms. The van der Waals surface area contributed by atoms with Gasteiger partial charge in [-0.05, 0) is 80.1 Å². The Hall–Kier alpha value is -2.95. The molecule has 0 heterocycles. The monoisotopic (exact) mass is 493 g/mol. The van der Waals surface area contributed by atoms with E-state index in [1.54, 1.807) is 38.1 Å². The smallest absolute Gasteiger partial charge is 0.339 e. The summed E-state index contributed by atoms with van der Waals surface area (Å²) in [5, 5.41) is 0. The molecule has 0 aliphatic carbocycles. The van der Waals surface area contributed by atoms with E-state index in [9.17, 15) is 21.2 Å². The normalized spacial score (nSPS) is 12.2. The molecule has 0 bridgehead atoms. The lowest BCUT2D eigenvalue weighted by Crippen LogP contribution is -2.36. The quantitative estimate of drug-likeness (QED) is 0.415. The summed E-state index contributed by atoms with van der Waals surface area (Å²) in [5.41, 5.74) is 0.535. The standard InChI is InChI=1S/C23H24FNO6S2/c1-17(2)25(32(26,27)22-13-9-20(30-3)10-14-22)16-18-5-4-6-21(15-18)31-33(28,29)23-11-7-19(24)8-12-23/h4-15,17H,16H2,1-3H3. The predicted molar refractivity (Wildman–Crippen MR) is 122 cm³/mol. The Balaban J connectivity index is 1.85. The van der Waals surface area contributed by atoms with Crippen LogP contribution in [-0.2, 0) is 26.7 Å². The van der Waals surface area contributed by atoms with Crippen LogP contribution in [0.25, 0.3) is 0 Å². The summed E-state index contributed by atoms with van der Waals surface area (Å²) in [6.45, 7) is 3.50. The van der Waals surface area contributed by atoms with E-state index in [2.05, 4.69) is 0 Å². The molecule has 0 radical (unpaired) electrons. The number of halogens is 1. The fourth-order valence-electron chi connectivity index (χ4n) is 3.08. The molecule has 3 aromatic rings. The molecule has 10 heteroatoms. The second kappa shape index (κ2) is 9.90. The van der Waals surface area contributed by atoms with E-state index in [-0.39, 0.29) is 28.1 Å². The molecule has 0 aromatic heterocycles. The third-order valence-corrected chi connectivity index (χ3v) is 8.08. The van der Waals surface area contributed by atoms with Crippen molar-refractivity contribution in [3.63, 3.8) is 0 Å².